The molecule has 0 bridgehead atoms. The van der Waals surface area contributed by atoms with Crippen LogP contribution in [-0.4, -0.2) is 53.0 Å². The van der Waals surface area contributed by atoms with Crippen LogP contribution < -0.4 is 21.7 Å². The summed E-state index contributed by atoms with van der Waals surface area (Å²) >= 11 is 0. The molecular weight excluding hydrogens is 436 g/mol. The predicted octanol–water partition coefficient (Wildman–Crippen LogP) is 1.45. The van der Waals surface area contributed by atoms with Crippen LogP contribution in [0.2, 0.25) is 0 Å². The first kappa shape index (κ1) is 29.1. The van der Waals surface area contributed by atoms with Crippen LogP contribution in [0, 0.1) is 17.8 Å². The summed E-state index contributed by atoms with van der Waals surface area (Å²) in [6.45, 7) is 10.8. The molecule has 0 aromatic heterocycles. The Kier molecular flexibility index (Phi) is 11.7. The second-order valence-corrected chi connectivity index (χ2v) is 9.78. The second kappa shape index (κ2) is 13.7. The molecule has 1 rings (SSSR count). The Morgan fingerprint density at radius 3 is 1.79 bits per heavy atom. The van der Waals surface area contributed by atoms with Crippen LogP contribution in [0.15, 0.2) is 30.3 Å². The predicted molar refractivity (Wildman–Crippen MR) is 131 cm³/mol. The zero-order valence-corrected chi connectivity index (χ0v) is 21.0. The van der Waals surface area contributed by atoms with Crippen LogP contribution in [0.25, 0.3) is 0 Å². The van der Waals surface area contributed by atoms with Gasteiger partial charge in [0.05, 0.1) is 6.04 Å². The molecule has 9 nitrogen and oxygen atoms in total. The minimum absolute atomic E-state index is 0.0508. The van der Waals surface area contributed by atoms with Crippen molar-refractivity contribution in [2.45, 2.75) is 78.6 Å². The molecule has 0 aliphatic heterocycles. The highest BCUT2D eigenvalue weighted by molar-refractivity contribution is 5.94. The third-order valence-electron chi connectivity index (χ3n) is 5.51. The SMILES string of the molecule is CC(C)CC(NC(=O)C(Cc1ccccc1)NC(=O)C(N)C(C)C)C(=O)NC(C(=O)O)C(C)C. The van der Waals surface area contributed by atoms with Gasteiger partial charge in [-0.15, -0.1) is 0 Å². The lowest BCUT2D eigenvalue weighted by Gasteiger charge is -2.27. The van der Waals surface area contributed by atoms with Gasteiger partial charge in [-0.1, -0.05) is 71.9 Å². The molecule has 0 aliphatic rings. The van der Waals surface area contributed by atoms with Crippen molar-refractivity contribution in [2.75, 3.05) is 0 Å². The molecule has 190 valence electrons. The van der Waals surface area contributed by atoms with E-state index in [9.17, 15) is 24.3 Å². The lowest BCUT2D eigenvalue weighted by atomic mass is 9.99. The average Bonchev–Trinajstić information content (AvgIpc) is 2.75. The first-order chi connectivity index (χ1) is 15.8. The topological polar surface area (TPSA) is 151 Å². The Bertz CT molecular complexity index is 826. The molecule has 0 radical (unpaired) electrons. The van der Waals surface area contributed by atoms with Crippen molar-refractivity contribution in [1.29, 1.82) is 0 Å². The van der Waals surface area contributed by atoms with Gasteiger partial charge in [-0.3, -0.25) is 14.4 Å². The Labute approximate surface area is 202 Å². The lowest BCUT2D eigenvalue weighted by Crippen LogP contribution is -2.58. The molecule has 0 aliphatic carbocycles. The monoisotopic (exact) mass is 476 g/mol. The van der Waals surface area contributed by atoms with E-state index in [4.69, 9.17) is 5.73 Å². The quantitative estimate of drug-likeness (QED) is 0.291. The van der Waals surface area contributed by atoms with Gasteiger partial charge in [0.2, 0.25) is 17.7 Å². The summed E-state index contributed by atoms with van der Waals surface area (Å²) in [5.41, 5.74) is 6.80. The average molecular weight is 477 g/mol. The van der Waals surface area contributed by atoms with E-state index >= 15 is 0 Å². The van der Waals surface area contributed by atoms with Crippen molar-refractivity contribution in [1.82, 2.24) is 16.0 Å². The number of hydrogen-bond acceptors (Lipinski definition) is 5. The van der Waals surface area contributed by atoms with E-state index < -0.39 is 47.9 Å². The number of hydrogen-bond donors (Lipinski definition) is 5. The van der Waals surface area contributed by atoms with Gasteiger partial charge in [-0.25, -0.2) is 4.79 Å². The number of aliphatic carboxylic acids is 1. The number of benzene rings is 1. The minimum Gasteiger partial charge on any atom is -0.480 e. The van der Waals surface area contributed by atoms with E-state index in [-0.39, 0.29) is 24.2 Å². The van der Waals surface area contributed by atoms with Gasteiger partial charge in [0.1, 0.15) is 18.1 Å². The van der Waals surface area contributed by atoms with Gasteiger partial charge in [-0.2, -0.15) is 0 Å². The Hall–Kier alpha value is -2.94. The molecule has 4 unspecified atom stereocenters. The van der Waals surface area contributed by atoms with Gasteiger partial charge in [0.15, 0.2) is 0 Å². The van der Waals surface area contributed by atoms with Crippen LogP contribution in [0.4, 0.5) is 0 Å². The molecule has 0 saturated carbocycles. The summed E-state index contributed by atoms with van der Waals surface area (Å²) in [4.78, 5) is 50.4. The van der Waals surface area contributed by atoms with E-state index in [1.165, 1.54) is 0 Å². The molecule has 9 heteroatoms. The molecule has 0 fully saturated rings. The number of carboxylic acids is 1. The van der Waals surface area contributed by atoms with E-state index in [1.807, 2.05) is 58.0 Å². The van der Waals surface area contributed by atoms with Crippen molar-refractivity contribution >= 4 is 23.7 Å². The fourth-order valence-electron chi connectivity index (χ4n) is 3.37. The van der Waals surface area contributed by atoms with E-state index in [0.717, 1.165) is 5.56 Å². The summed E-state index contributed by atoms with van der Waals surface area (Å²) in [6.07, 6.45) is 0.516. The summed E-state index contributed by atoms with van der Waals surface area (Å²) in [7, 11) is 0. The number of carboxylic acid groups (broad SMARTS) is 1. The molecule has 34 heavy (non-hydrogen) atoms. The van der Waals surface area contributed by atoms with E-state index in [0.29, 0.717) is 6.42 Å². The minimum atomic E-state index is -1.14. The molecule has 0 spiro atoms. The summed E-state index contributed by atoms with van der Waals surface area (Å²) in [5, 5.41) is 17.4. The normalized spacial score (nSPS) is 14.9. The van der Waals surface area contributed by atoms with Gasteiger partial charge < -0.3 is 26.8 Å². The van der Waals surface area contributed by atoms with Crippen molar-refractivity contribution in [3.05, 3.63) is 35.9 Å². The molecule has 6 N–H and O–H groups in total. The highest BCUT2D eigenvalue weighted by Gasteiger charge is 2.32. The van der Waals surface area contributed by atoms with Crippen molar-refractivity contribution < 1.29 is 24.3 Å². The first-order valence-electron chi connectivity index (χ1n) is 11.8. The molecule has 4 atom stereocenters. The van der Waals surface area contributed by atoms with Crippen molar-refractivity contribution in [3.8, 4) is 0 Å². The van der Waals surface area contributed by atoms with Crippen LogP contribution >= 0.6 is 0 Å². The molecule has 0 saturated heterocycles. The third kappa shape index (κ3) is 9.51. The maximum atomic E-state index is 13.3. The summed E-state index contributed by atoms with van der Waals surface area (Å²) in [6, 6.07) is 5.41. The van der Waals surface area contributed by atoms with Crippen LogP contribution in [0.1, 0.15) is 53.5 Å². The highest BCUT2D eigenvalue weighted by Crippen LogP contribution is 2.10. The van der Waals surface area contributed by atoms with Crippen LogP contribution in [0.3, 0.4) is 0 Å². The number of amides is 3. The van der Waals surface area contributed by atoms with Gasteiger partial charge >= 0.3 is 5.97 Å². The zero-order valence-electron chi connectivity index (χ0n) is 21.0. The third-order valence-corrected chi connectivity index (χ3v) is 5.51. The number of nitrogens with one attached hydrogen (secondary N) is 3. The second-order valence-electron chi connectivity index (χ2n) is 9.78. The maximum Gasteiger partial charge on any atom is 0.326 e. The Balaban J connectivity index is 3.11. The van der Waals surface area contributed by atoms with Crippen molar-refractivity contribution in [2.24, 2.45) is 23.5 Å². The summed E-state index contributed by atoms with van der Waals surface area (Å²) < 4.78 is 0. The smallest absolute Gasteiger partial charge is 0.326 e. The molecule has 3 amide bonds. The Morgan fingerprint density at radius 1 is 0.794 bits per heavy atom. The van der Waals surface area contributed by atoms with Crippen LogP contribution in [0.5, 0.6) is 0 Å². The number of carbonyl (C=O) groups is 4. The van der Waals surface area contributed by atoms with Gasteiger partial charge in [0.25, 0.3) is 0 Å². The van der Waals surface area contributed by atoms with E-state index in [2.05, 4.69) is 16.0 Å². The van der Waals surface area contributed by atoms with Crippen LogP contribution in [-0.2, 0) is 25.6 Å². The molecule has 0 heterocycles. The first-order valence-corrected chi connectivity index (χ1v) is 11.8. The largest absolute Gasteiger partial charge is 0.480 e. The maximum absolute atomic E-state index is 13.3. The Morgan fingerprint density at radius 2 is 1.32 bits per heavy atom. The van der Waals surface area contributed by atoms with Gasteiger partial charge in [0, 0.05) is 6.42 Å². The standard InChI is InChI=1S/C25H40N4O5/c1-14(2)12-18(23(31)29-21(16(5)6)25(33)34)27-22(30)19(13-17-10-8-7-9-11-17)28-24(32)20(26)15(3)4/h7-11,14-16,18-21H,12-13,26H2,1-6H3,(H,27,30)(H,28,32)(H,29,31)(H,33,34). The fraction of sp³-hybridized carbons (Fsp3) is 0.600. The highest BCUT2D eigenvalue weighted by atomic mass is 16.4. The summed E-state index contributed by atoms with van der Waals surface area (Å²) in [5.74, 6) is -3.12. The number of nitrogens with two attached hydrogens (primary N) is 1. The molecule has 1 aromatic rings. The lowest BCUT2D eigenvalue weighted by molar-refractivity contribution is -0.143. The van der Waals surface area contributed by atoms with E-state index in [1.54, 1.807) is 13.8 Å². The molecule has 1 aromatic carbocycles. The molecular formula is C25H40N4O5. The fourth-order valence-corrected chi connectivity index (χ4v) is 3.37. The van der Waals surface area contributed by atoms with Gasteiger partial charge in [-0.05, 0) is 29.7 Å². The number of carbonyl (C=O) groups excluding carboxylic acids is 3. The number of rotatable bonds is 13. The zero-order chi connectivity index (χ0) is 26.0. The van der Waals surface area contributed by atoms with Crippen molar-refractivity contribution in [3.63, 3.8) is 0 Å².